The van der Waals surface area contributed by atoms with Crippen molar-refractivity contribution in [1.82, 2.24) is 14.9 Å². The molecule has 6 heteroatoms. The van der Waals surface area contributed by atoms with Crippen molar-refractivity contribution >= 4 is 38.7 Å². The molecule has 1 aliphatic heterocycles. The number of fused-ring (bicyclic) bond motifs is 1. The van der Waals surface area contributed by atoms with E-state index in [9.17, 15) is 0 Å². The Bertz CT molecular complexity index is 758. The molecule has 23 heavy (non-hydrogen) atoms. The summed E-state index contributed by atoms with van der Waals surface area (Å²) in [5.74, 6) is 1.33. The molecule has 4 nitrogen and oxygen atoms in total. The fraction of sp³-hybridized carbons (Fsp3) is 0.412. The molecule has 1 aliphatic rings. The summed E-state index contributed by atoms with van der Waals surface area (Å²) >= 11 is 3.38. The Hall–Kier alpha value is -1.50. The van der Waals surface area contributed by atoms with Crippen molar-refractivity contribution in [2.24, 2.45) is 0 Å². The van der Waals surface area contributed by atoms with Crippen molar-refractivity contribution in [3.05, 3.63) is 28.5 Å². The maximum atomic E-state index is 6.13. The van der Waals surface area contributed by atoms with E-state index in [4.69, 9.17) is 10.7 Å². The predicted octanol–water partition coefficient (Wildman–Crippen LogP) is 4.62. The normalized spacial score (nSPS) is 14.9. The van der Waals surface area contributed by atoms with Gasteiger partial charge in [0.1, 0.15) is 10.6 Å². The lowest BCUT2D eigenvalue weighted by Crippen LogP contribution is -2.17. The van der Waals surface area contributed by atoms with Gasteiger partial charge in [-0.15, -0.1) is 22.7 Å². The first-order chi connectivity index (χ1) is 11.3. The number of nitrogens with two attached hydrogens (primary N) is 1. The summed E-state index contributed by atoms with van der Waals surface area (Å²) in [4.78, 5) is 15.0. The third-order valence-corrected chi connectivity index (χ3v) is 5.67. The highest BCUT2D eigenvalue weighted by Gasteiger charge is 2.16. The SMILES string of the molecule is CC.Nc1nc(-c2cccs2)nc2sc(CN3CCCC3)cc12. The van der Waals surface area contributed by atoms with Gasteiger partial charge in [0.15, 0.2) is 5.82 Å². The van der Waals surface area contributed by atoms with Gasteiger partial charge in [-0.1, -0.05) is 19.9 Å². The zero-order valence-corrected chi connectivity index (χ0v) is 15.2. The highest BCUT2D eigenvalue weighted by molar-refractivity contribution is 7.18. The molecule has 0 aliphatic carbocycles. The molecule has 4 heterocycles. The fourth-order valence-corrected chi connectivity index (χ4v) is 4.48. The van der Waals surface area contributed by atoms with Crippen LogP contribution in [0.5, 0.6) is 0 Å². The lowest BCUT2D eigenvalue weighted by molar-refractivity contribution is 0.334. The number of nitrogens with zero attached hydrogens (tertiary/aromatic N) is 3. The average Bonchev–Trinajstić information content (AvgIpc) is 3.31. The van der Waals surface area contributed by atoms with Crippen LogP contribution in [0.3, 0.4) is 0 Å². The van der Waals surface area contributed by atoms with E-state index in [0.717, 1.165) is 27.5 Å². The minimum atomic E-state index is 0.590. The number of hydrogen-bond donors (Lipinski definition) is 1. The summed E-state index contributed by atoms with van der Waals surface area (Å²) in [5.41, 5.74) is 6.13. The molecule has 0 unspecified atom stereocenters. The van der Waals surface area contributed by atoms with Gasteiger partial charge in [-0.05, 0) is 43.4 Å². The highest BCUT2D eigenvalue weighted by atomic mass is 32.1. The number of rotatable bonds is 3. The summed E-state index contributed by atoms with van der Waals surface area (Å²) in [7, 11) is 0. The van der Waals surface area contributed by atoms with E-state index in [2.05, 4.69) is 16.0 Å². The van der Waals surface area contributed by atoms with Gasteiger partial charge in [-0.2, -0.15) is 0 Å². The van der Waals surface area contributed by atoms with E-state index in [1.54, 1.807) is 22.7 Å². The van der Waals surface area contributed by atoms with Crippen LogP contribution in [0.25, 0.3) is 20.9 Å². The molecule has 3 aromatic heterocycles. The van der Waals surface area contributed by atoms with Crippen LogP contribution in [0.15, 0.2) is 23.6 Å². The Morgan fingerprint density at radius 3 is 2.70 bits per heavy atom. The number of hydrogen-bond acceptors (Lipinski definition) is 6. The predicted molar refractivity (Wildman–Crippen MR) is 101 cm³/mol. The van der Waals surface area contributed by atoms with Crippen LogP contribution in [0.4, 0.5) is 5.82 Å². The lowest BCUT2D eigenvalue weighted by Gasteiger charge is -2.11. The maximum absolute atomic E-state index is 6.13. The van der Waals surface area contributed by atoms with Crippen molar-refractivity contribution in [1.29, 1.82) is 0 Å². The van der Waals surface area contributed by atoms with E-state index >= 15 is 0 Å². The van der Waals surface area contributed by atoms with Gasteiger partial charge in [-0.3, -0.25) is 4.90 Å². The van der Waals surface area contributed by atoms with Gasteiger partial charge in [0.25, 0.3) is 0 Å². The highest BCUT2D eigenvalue weighted by Crippen LogP contribution is 2.32. The summed E-state index contributed by atoms with van der Waals surface area (Å²) in [5, 5.41) is 3.03. The van der Waals surface area contributed by atoms with Crippen LogP contribution in [0.2, 0.25) is 0 Å². The first-order valence-electron chi connectivity index (χ1n) is 8.12. The summed E-state index contributed by atoms with van der Waals surface area (Å²) in [6.45, 7) is 7.42. The molecule has 0 saturated carbocycles. The molecule has 0 atom stereocenters. The number of aromatic nitrogens is 2. The second kappa shape index (κ2) is 7.38. The molecular formula is C17H22N4S2. The standard InChI is InChI=1S/C15H16N4S2.C2H6/c16-13-11-8-10(9-19-5-1-2-6-19)21-15(11)18-14(17-13)12-4-3-7-20-12;1-2/h3-4,7-8H,1-2,5-6,9H2,(H2,16,17,18);1-2H3. The summed E-state index contributed by atoms with van der Waals surface area (Å²) in [6.07, 6.45) is 2.63. The lowest BCUT2D eigenvalue weighted by atomic mass is 10.3. The number of nitrogen functional groups attached to an aromatic ring is 1. The monoisotopic (exact) mass is 346 g/mol. The first kappa shape index (κ1) is 16.4. The van der Waals surface area contributed by atoms with Crippen LogP contribution in [0, 0.1) is 0 Å². The topological polar surface area (TPSA) is 55.0 Å². The smallest absolute Gasteiger partial charge is 0.173 e. The summed E-state index contributed by atoms with van der Waals surface area (Å²) in [6, 6.07) is 6.20. The van der Waals surface area contributed by atoms with Crippen molar-refractivity contribution < 1.29 is 0 Å². The van der Waals surface area contributed by atoms with E-state index in [1.165, 1.54) is 30.8 Å². The maximum Gasteiger partial charge on any atom is 0.173 e. The Kier molecular flexibility index (Phi) is 5.25. The van der Waals surface area contributed by atoms with E-state index in [0.29, 0.717) is 5.82 Å². The van der Waals surface area contributed by atoms with Crippen molar-refractivity contribution in [2.45, 2.75) is 33.2 Å². The number of likely N-dealkylation sites (tertiary alicyclic amines) is 1. The van der Waals surface area contributed by atoms with Crippen molar-refractivity contribution in [3.8, 4) is 10.7 Å². The molecule has 3 aromatic rings. The molecule has 0 aromatic carbocycles. The van der Waals surface area contributed by atoms with E-state index in [-0.39, 0.29) is 0 Å². The molecule has 0 amide bonds. The van der Waals surface area contributed by atoms with Gasteiger partial charge < -0.3 is 5.73 Å². The zero-order valence-electron chi connectivity index (χ0n) is 13.6. The number of anilines is 1. The molecule has 0 radical (unpaired) electrons. The second-order valence-electron chi connectivity index (χ2n) is 5.32. The molecule has 4 rings (SSSR count). The van der Waals surface area contributed by atoms with Gasteiger partial charge in [0.05, 0.1) is 10.3 Å². The zero-order chi connectivity index (χ0) is 16.2. The van der Waals surface area contributed by atoms with Crippen LogP contribution >= 0.6 is 22.7 Å². The van der Waals surface area contributed by atoms with Crippen LogP contribution in [0.1, 0.15) is 31.6 Å². The minimum absolute atomic E-state index is 0.590. The molecule has 2 N–H and O–H groups in total. The molecular weight excluding hydrogens is 324 g/mol. The van der Waals surface area contributed by atoms with Gasteiger partial charge in [0, 0.05) is 11.4 Å². The minimum Gasteiger partial charge on any atom is -0.383 e. The molecule has 1 fully saturated rings. The van der Waals surface area contributed by atoms with Crippen molar-refractivity contribution in [2.75, 3.05) is 18.8 Å². The van der Waals surface area contributed by atoms with Crippen LogP contribution in [-0.2, 0) is 6.54 Å². The van der Waals surface area contributed by atoms with Gasteiger partial charge in [0.2, 0.25) is 0 Å². The average molecular weight is 347 g/mol. The Morgan fingerprint density at radius 1 is 1.22 bits per heavy atom. The molecule has 1 saturated heterocycles. The van der Waals surface area contributed by atoms with Gasteiger partial charge in [-0.25, -0.2) is 9.97 Å². The first-order valence-corrected chi connectivity index (χ1v) is 9.81. The Labute approximate surface area is 145 Å². The Morgan fingerprint density at radius 2 is 2.00 bits per heavy atom. The molecule has 0 spiro atoms. The molecule has 122 valence electrons. The van der Waals surface area contributed by atoms with Crippen LogP contribution in [-0.4, -0.2) is 28.0 Å². The van der Waals surface area contributed by atoms with E-state index < -0.39 is 0 Å². The Balaban J connectivity index is 0.000000753. The molecule has 0 bridgehead atoms. The van der Waals surface area contributed by atoms with Gasteiger partial charge >= 0.3 is 0 Å². The quantitative estimate of drug-likeness (QED) is 0.751. The third kappa shape index (κ3) is 3.54. The van der Waals surface area contributed by atoms with Crippen molar-refractivity contribution in [3.63, 3.8) is 0 Å². The van der Waals surface area contributed by atoms with Crippen LogP contribution < -0.4 is 5.73 Å². The third-order valence-electron chi connectivity index (χ3n) is 3.79. The fourth-order valence-electron chi connectivity index (χ4n) is 2.75. The van der Waals surface area contributed by atoms with E-state index in [1.807, 2.05) is 31.4 Å². The number of thiophene rings is 2. The summed E-state index contributed by atoms with van der Waals surface area (Å²) < 4.78 is 0. The largest absolute Gasteiger partial charge is 0.383 e. The second-order valence-corrected chi connectivity index (χ2v) is 7.39.